The van der Waals surface area contributed by atoms with E-state index in [2.05, 4.69) is 5.32 Å². The van der Waals surface area contributed by atoms with E-state index in [0.717, 1.165) is 5.56 Å². The van der Waals surface area contributed by atoms with Crippen LogP contribution < -0.4 is 15.8 Å². The lowest BCUT2D eigenvalue weighted by Gasteiger charge is -2.26. The minimum atomic E-state index is -3.56. The van der Waals surface area contributed by atoms with Gasteiger partial charge < -0.3 is 20.5 Å². The van der Waals surface area contributed by atoms with E-state index in [1.54, 1.807) is 12.1 Å². The second-order valence-electron chi connectivity index (χ2n) is 6.73. The largest absolute Gasteiger partial charge is 0.483 e. The van der Waals surface area contributed by atoms with Crippen molar-refractivity contribution in [1.29, 1.82) is 0 Å². The van der Waals surface area contributed by atoms with Gasteiger partial charge in [-0.15, -0.1) is 0 Å². The summed E-state index contributed by atoms with van der Waals surface area (Å²) in [4.78, 5) is 23.7. The van der Waals surface area contributed by atoms with Crippen molar-refractivity contribution >= 4 is 33.4 Å². The molecule has 1 aliphatic rings. The first-order chi connectivity index (χ1) is 14.8. The van der Waals surface area contributed by atoms with Crippen LogP contribution in [0, 0.1) is 0 Å². The topological polar surface area (TPSA) is 128 Å². The number of sulfonamides is 1. The van der Waals surface area contributed by atoms with E-state index in [1.807, 2.05) is 0 Å². The van der Waals surface area contributed by atoms with E-state index in [4.69, 9.17) is 26.8 Å². The average molecular weight is 468 g/mol. The number of nitrogens with one attached hydrogen (secondary N) is 1. The first kappa shape index (κ1) is 23.0. The van der Waals surface area contributed by atoms with E-state index in [9.17, 15) is 18.0 Å². The number of amides is 2. The fourth-order valence-corrected chi connectivity index (χ4v) is 4.51. The Balaban J connectivity index is 1.53. The predicted molar refractivity (Wildman–Crippen MR) is 113 cm³/mol. The fraction of sp³-hybridized carbons (Fsp3) is 0.300. The number of ether oxygens (including phenoxy) is 2. The quantitative estimate of drug-likeness (QED) is 0.599. The lowest BCUT2D eigenvalue weighted by molar-refractivity contribution is -0.123. The molecule has 1 heterocycles. The Morgan fingerprint density at radius 3 is 2.45 bits per heavy atom. The number of rotatable bonds is 8. The van der Waals surface area contributed by atoms with Crippen LogP contribution in [0.15, 0.2) is 47.4 Å². The van der Waals surface area contributed by atoms with Crippen LogP contribution in [0.1, 0.15) is 15.9 Å². The van der Waals surface area contributed by atoms with Gasteiger partial charge in [-0.1, -0.05) is 23.7 Å². The molecule has 2 amide bonds. The number of hydrogen-bond acceptors (Lipinski definition) is 6. The monoisotopic (exact) mass is 467 g/mol. The average Bonchev–Trinajstić information content (AvgIpc) is 2.77. The predicted octanol–water partition coefficient (Wildman–Crippen LogP) is 1.15. The molecule has 0 aromatic heterocycles. The molecule has 31 heavy (non-hydrogen) atoms. The lowest BCUT2D eigenvalue weighted by atomic mass is 10.2. The van der Waals surface area contributed by atoms with E-state index in [0.29, 0.717) is 31.3 Å². The molecule has 0 bridgehead atoms. The van der Waals surface area contributed by atoms with Crippen molar-refractivity contribution in [2.75, 3.05) is 32.9 Å². The molecule has 0 unspecified atom stereocenters. The summed E-state index contributed by atoms with van der Waals surface area (Å²) in [6, 6.07) is 10.6. The number of carbonyl (C=O) groups is 2. The van der Waals surface area contributed by atoms with Crippen LogP contribution in [-0.2, 0) is 26.1 Å². The van der Waals surface area contributed by atoms with Gasteiger partial charge >= 0.3 is 0 Å². The molecule has 3 rings (SSSR count). The fourth-order valence-electron chi connectivity index (χ4n) is 2.93. The Hall–Kier alpha value is -2.66. The van der Waals surface area contributed by atoms with E-state index in [-0.39, 0.29) is 29.4 Å². The van der Waals surface area contributed by atoms with Gasteiger partial charge in [0.25, 0.3) is 11.8 Å². The van der Waals surface area contributed by atoms with Crippen molar-refractivity contribution in [3.05, 3.63) is 58.6 Å². The van der Waals surface area contributed by atoms with Crippen LogP contribution in [0.25, 0.3) is 0 Å². The number of carbonyl (C=O) groups excluding carboxylic acids is 2. The number of halogens is 1. The Bertz CT molecular complexity index is 1050. The summed E-state index contributed by atoms with van der Waals surface area (Å²) in [5, 5.41) is 2.99. The molecule has 0 radical (unpaired) electrons. The van der Waals surface area contributed by atoms with Crippen molar-refractivity contribution < 1.29 is 27.5 Å². The Morgan fingerprint density at radius 2 is 1.81 bits per heavy atom. The number of morpholine rings is 1. The molecule has 1 aliphatic heterocycles. The van der Waals surface area contributed by atoms with Crippen molar-refractivity contribution in [2.45, 2.75) is 11.4 Å². The first-order valence-electron chi connectivity index (χ1n) is 9.43. The number of nitrogens with two attached hydrogens (primary N) is 1. The molecule has 9 nitrogen and oxygen atoms in total. The zero-order valence-electron chi connectivity index (χ0n) is 16.5. The summed E-state index contributed by atoms with van der Waals surface area (Å²) in [6.07, 6.45) is 0. The Labute approximate surface area is 185 Å². The maximum absolute atomic E-state index is 12.6. The molecule has 3 N–H and O–H groups in total. The summed E-state index contributed by atoms with van der Waals surface area (Å²) in [7, 11) is -3.56. The number of nitrogens with zero attached hydrogens (tertiary/aromatic N) is 1. The molecule has 2 aromatic rings. The van der Waals surface area contributed by atoms with Gasteiger partial charge in [0.2, 0.25) is 10.0 Å². The summed E-state index contributed by atoms with van der Waals surface area (Å²) in [5.41, 5.74) is 6.09. The third-order valence-electron chi connectivity index (χ3n) is 4.59. The maximum atomic E-state index is 12.6. The molecular formula is C20H22ClN3O6S. The molecule has 0 atom stereocenters. The van der Waals surface area contributed by atoms with Crippen LogP contribution >= 0.6 is 11.6 Å². The molecular weight excluding hydrogens is 446 g/mol. The van der Waals surface area contributed by atoms with Crippen LogP contribution in [0.3, 0.4) is 0 Å². The highest BCUT2D eigenvalue weighted by Crippen LogP contribution is 2.22. The van der Waals surface area contributed by atoms with Crippen molar-refractivity contribution in [3.8, 4) is 5.75 Å². The van der Waals surface area contributed by atoms with Gasteiger partial charge in [-0.2, -0.15) is 4.31 Å². The van der Waals surface area contributed by atoms with Crippen LogP contribution in [0.4, 0.5) is 0 Å². The molecule has 11 heteroatoms. The summed E-state index contributed by atoms with van der Waals surface area (Å²) in [6.45, 7) is 1.26. The van der Waals surface area contributed by atoms with Crippen molar-refractivity contribution in [3.63, 3.8) is 0 Å². The van der Waals surface area contributed by atoms with E-state index >= 15 is 0 Å². The lowest BCUT2D eigenvalue weighted by Crippen LogP contribution is -2.40. The summed E-state index contributed by atoms with van der Waals surface area (Å²) < 4.78 is 37.2. The molecule has 2 aromatic carbocycles. The smallest absolute Gasteiger partial charge is 0.258 e. The van der Waals surface area contributed by atoms with E-state index < -0.39 is 21.8 Å². The van der Waals surface area contributed by atoms with Gasteiger partial charge in [0.15, 0.2) is 6.61 Å². The normalized spacial score (nSPS) is 14.7. The highest BCUT2D eigenvalue weighted by atomic mass is 35.5. The number of primary amides is 1. The standard InChI is InChI=1S/C20H22ClN3O6S/c21-15-3-6-18(17(11-15)20(22)26)30-13-19(25)23-12-14-1-4-16(5-2-14)31(27,28)24-7-9-29-10-8-24/h1-6,11H,7-10,12-13H2,(H2,22,26)(H,23,25). The van der Waals surface area contributed by atoms with Crippen LogP contribution in [0.5, 0.6) is 5.75 Å². The number of hydrogen-bond donors (Lipinski definition) is 2. The second kappa shape index (κ2) is 10.1. The van der Waals surface area contributed by atoms with Gasteiger partial charge in [-0.25, -0.2) is 8.42 Å². The molecule has 1 fully saturated rings. The molecule has 0 saturated carbocycles. The second-order valence-corrected chi connectivity index (χ2v) is 9.10. The third kappa shape index (κ3) is 5.95. The number of benzene rings is 2. The van der Waals surface area contributed by atoms with Crippen LogP contribution in [-0.4, -0.2) is 57.4 Å². The molecule has 166 valence electrons. The Morgan fingerprint density at radius 1 is 1.13 bits per heavy atom. The van der Waals surface area contributed by atoms with Crippen molar-refractivity contribution in [2.24, 2.45) is 5.73 Å². The van der Waals surface area contributed by atoms with Gasteiger partial charge in [0.1, 0.15) is 5.75 Å². The summed E-state index contributed by atoms with van der Waals surface area (Å²) >= 11 is 5.84. The van der Waals surface area contributed by atoms with Gasteiger partial charge in [-0.05, 0) is 35.9 Å². The minimum Gasteiger partial charge on any atom is -0.483 e. The highest BCUT2D eigenvalue weighted by molar-refractivity contribution is 7.89. The molecule has 0 aliphatic carbocycles. The maximum Gasteiger partial charge on any atom is 0.258 e. The molecule has 0 spiro atoms. The Kier molecular flexibility index (Phi) is 7.50. The van der Waals surface area contributed by atoms with Gasteiger partial charge in [0, 0.05) is 24.7 Å². The first-order valence-corrected chi connectivity index (χ1v) is 11.2. The van der Waals surface area contributed by atoms with Crippen LogP contribution in [0.2, 0.25) is 5.02 Å². The summed E-state index contributed by atoms with van der Waals surface area (Å²) in [5.74, 6) is -0.981. The van der Waals surface area contributed by atoms with Gasteiger partial charge in [-0.3, -0.25) is 9.59 Å². The minimum absolute atomic E-state index is 0.0809. The SMILES string of the molecule is NC(=O)c1cc(Cl)ccc1OCC(=O)NCc1ccc(S(=O)(=O)N2CCOCC2)cc1. The van der Waals surface area contributed by atoms with Gasteiger partial charge in [0.05, 0.1) is 23.7 Å². The van der Waals surface area contributed by atoms with E-state index in [1.165, 1.54) is 34.6 Å². The zero-order chi connectivity index (χ0) is 22.4. The third-order valence-corrected chi connectivity index (χ3v) is 6.73. The molecule has 1 saturated heterocycles. The highest BCUT2D eigenvalue weighted by Gasteiger charge is 2.26. The zero-order valence-corrected chi connectivity index (χ0v) is 18.1. The van der Waals surface area contributed by atoms with Crippen molar-refractivity contribution in [1.82, 2.24) is 9.62 Å².